The van der Waals surface area contributed by atoms with Gasteiger partial charge in [0.05, 0.1) is 0 Å². The maximum atomic E-state index is 13.6. The first-order valence-electron chi connectivity index (χ1n) is 12.3. The minimum atomic E-state index is -1.22. The zero-order valence-corrected chi connectivity index (χ0v) is 19.8. The van der Waals surface area contributed by atoms with E-state index in [1.165, 1.54) is 12.0 Å². The lowest BCUT2D eigenvalue weighted by Gasteiger charge is -2.53. The largest absolute Gasteiger partial charge is 0.511 e. The third-order valence-electron chi connectivity index (χ3n) is 8.98. The number of allylic oxidation sites excluding steroid dienone is 4. The van der Waals surface area contributed by atoms with Crippen molar-refractivity contribution < 1.29 is 19.4 Å². The molecular weight excluding hydrogens is 390 g/mol. The Labute approximate surface area is 186 Å². The molecule has 0 aromatic heterocycles. The van der Waals surface area contributed by atoms with Crippen molar-refractivity contribution in [3.05, 3.63) is 23.5 Å². The number of fused-ring (bicyclic) bond motifs is 5. The Morgan fingerprint density at radius 2 is 1.81 bits per heavy atom. The third-order valence-corrected chi connectivity index (χ3v) is 8.98. The number of hydrogen-bond acceptors (Lipinski definition) is 3. The lowest BCUT2D eigenvalue weighted by Crippen LogP contribution is -2.51. The minimum Gasteiger partial charge on any atom is -0.449 e. The fraction of sp³-hybridized carbons (Fsp3) is 0.769. The van der Waals surface area contributed by atoms with E-state index in [-0.39, 0.29) is 23.4 Å². The average Bonchev–Trinajstić information content (AvgIpc) is 3.03. The quantitative estimate of drug-likeness (QED) is 0.556. The van der Waals surface area contributed by atoms with Gasteiger partial charge in [0.15, 0.2) is 0 Å². The summed E-state index contributed by atoms with van der Waals surface area (Å²) < 4.78 is 4.96. The molecule has 0 bridgehead atoms. The molecule has 2 fully saturated rings. The summed E-state index contributed by atoms with van der Waals surface area (Å²) >= 11 is 0. The molecule has 0 heterocycles. The second kappa shape index (κ2) is 8.29. The Morgan fingerprint density at radius 1 is 1.10 bits per heavy atom. The highest BCUT2D eigenvalue weighted by molar-refractivity contribution is 5.80. The van der Waals surface area contributed by atoms with Gasteiger partial charge in [0.25, 0.3) is 0 Å². The number of carbonyl (C=O) groups is 2. The molecule has 0 radical (unpaired) electrons. The number of rotatable bonds is 4. The van der Waals surface area contributed by atoms with Crippen LogP contribution < -0.4 is 0 Å². The van der Waals surface area contributed by atoms with Gasteiger partial charge in [0.2, 0.25) is 5.91 Å². The van der Waals surface area contributed by atoms with E-state index < -0.39 is 6.16 Å². The fourth-order valence-electron chi connectivity index (χ4n) is 7.81. The van der Waals surface area contributed by atoms with Crippen molar-refractivity contribution in [1.29, 1.82) is 0 Å². The van der Waals surface area contributed by atoms with E-state index in [0.717, 1.165) is 32.1 Å². The molecular formula is C26H39NO4. The van der Waals surface area contributed by atoms with Gasteiger partial charge < -0.3 is 14.7 Å². The number of ether oxygens (including phenoxy) is 1. The molecule has 0 saturated heterocycles. The zero-order valence-electron chi connectivity index (χ0n) is 19.8. The van der Waals surface area contributed by atoms with Crippen LogP contribution in [0.15, 0.2) is 23.5 Å². The summed E-state index contributed by atoms with van der Waals surface area (Å²) in [6, 6.07) is 0.478. The van der Waals surface area contributed by atoms with Crippen LogP contribution in [0, 0.1) is 35.0 Å². The van der Waals surface area contributed by atoms with Gasteiger partial charge in [-0.15, -0.1) is 0 Å². The van der Waals surface area contributed by atoms with Crippen molar-refractivity contribution in [1.82, 2.24) is 4.90 Å². The van der Waals surface area contributed by atoms with Gasteiger partial charge in [0, 0.05) is 24.4 Å². The van der Waals surface area contributed by atoms with E-state index >= 15 is 0 Å². The highest BCUT2D eigenvalue weighted by atomic mass is 16.7. The van der Waals surface area contributed by atoms with E-state index in [9.17, 15) is 9.59 Å². The molecule has 2 saturated carbocycles. The Bertz CT molecular complexity index is 789. The van der Waals surface area contributed by atoms with Crippen LogP contribution in [0.3, 0.4) is 0 Å². The molecule has 31 heavy (non-hydrogen) atoms. The van der Waals surface area contributed by atoms with Crippen LogP contribution >= 0.6 is 0 Å². The molecule has 6 atom stereocenters. The molecule has 1 amide bonds. The third kappa shape index (κ3) is 3.82. The van der Waals surface area contributed by atoms with Crippen LogP contribution in [0.25, 0.3) is 0 Å². The molecule has 0 aromatic rings. The van der Waals surface area contributed by atoms with Crippen LogP contribution in [0.4, 0.5) is 4.79 Å². The molecule has 0 aliphatic heterocycles. The molecule has 172 valence electrons. The van der Waals surface area contributed by atoms with E-state index in [1.807, 2.05) is 6.08 Å². The van der Waals surface area contributed by atoms with E-state index in [1.54, 1.807) is 0 Å². The van der Waals surface area contributed by atoms with Crippen LogP contribution in [-0.2, 0) is 9.53 Å². The summed E-state index contributed by atoms with van der Waals surface area (Å²) in [5, 5.41) is 8.94. The first kappa shape index (κ1) is 22.4. The molecule has 4 aliphatic carbocycles. The summed E-state index contributed by atoms with van der Waals surface area (Å²) in [4.78, 5) is 26.7. The predicted molar refractivity (Wildman–Crippen MR) is 120 cm³/mol. The van der Waals surface area contributed by atoms with Crippen molar-refractivity contribution in [3.8, 4) is 0 Å². The second-order valence-electron chi connectivity index (χ2n) is 11.1. The fourth-order valence-corrected chi connectivity index (χ4v) is 7.81. The van der Waals surface area contributed by atoms with Crippen LogP contribution in [-0.4, -0.2) is 34.2 Å². The lowest BCUT2D eigenvalue weighted by molar-refractivity contribution is -0.145. The monoisotopic (exact) mass is 429 g/mol. The first-order chi connectivity index (χ1) is 14.6. The Morgan fingerprint density at radius 3 is 2.45 bits per heavy atom. The minimum absolute atomic E-state index is 0.105. The van der Waals surface area contributed by atoms with Gasteiger partial charge in [-0.25, -0.2) is 4.79 Å². The zero-order chi connectivity index (χ0) is 22.5. The van der Waals surface area contributed by atoms with Crippen molar-refractivity contribution >= 4 is 12.1 Å². The highest BCUT2D eigenvalue weighted by Gasteiger charge is 2.58. The molecule has 0 unspecified atom stereocenters. The smallest absolute Gasteiger partial charge is 0.449 e. The summed E-state index contributed by atoms with van der Waals surface area (Å²) in [6.07, 6.45) is 10.3. The van der Waals surface area contributed by atoms with Crippen molar-refractivity contribution in [2.45, 2.75) is 91.6 Å². The van der Waals surface area contributed by atoms with Crippen molar-refractivity contribution in [3.63, 3.8) is 0 Å². The van der Waals surface area contributed by atoms with E-state index in [4.69, 9.17) is 9.84 Å². The standard InChI is InChI=1S/C26H39NO4/c1-15(2)27(16(3)4)24(28)23-11-10-22-21-8-6-17-14-18(31-25(29)30)7-9-19(17)20(21)12-13-26(22,23)5/h6,14-16,19-23H,7-13H2,1-5H3,(H,29,30)/t19-,20+,21+,22-,23+,26-/m0/s1. The normalized spacial score (nSPS) is 36.8. The molecule has 4 rings (SSSR count). The number of carbonyl (C=O) groups excluding carboxylic acids is 1. The van der Waals surface area contributed by atoms with E-state index in [0.29, 0.717) is 41.8 Å². The lowest BCUT2D eigenvalue weighted by atomic mass is 9.52. The van der Waals surface area contributed by atoms with E-state index in [2.05, 4.69) is 45.6 Å². The number of carboxylic acid groups (broad SMARTS) is 1. The SMILES string of the molecule is CC(C)N(C(=O)[C@H]1CC[C@H]2[C@@H]3CC=C4C=C(OC(=O)O)CC[C@@H]4[C@H]3CC[C@]12C)C(C)C. The summed E-state index contributed by atoms with van der Waals surface area (Å²) in [6.45, 7) is 10.9. The average molecular weight is 430 g/mol. The van der Waals surface area contributed by atoms with Gasteiger partial charge in [-0.2, -0.15) is 0 Å². The van der Waals surface area contributed by atoms with Gasteiger partial charge in [-0.1, -0.05) is 13.0 Å². The van der Waals surface area contributed by atoms with Gasteiger partial charge in [-0.3, -0.25) is 4.79 Å². The number of amides is 1. The number of hydrogen-bond donors (Lipinski definition) is 1. The van der Waals surface area contributed by atoms with Gasteiger partial charge >= 0.3 is 6.16 Å². The topological polar surface area (TPSA) is 66.8 Å². The van der Waals surface area contributed by atoms with Crippen molar-refractivity contribution in [2.24, 2.45) is 35.0 Å². The summed E-state index contributed by atoms with van der Waals surface area (Å²) in [7, 11) is 0. The Kier molecular flexibility index (Phi) is 5.99. The summed E-state index contributed by atoms with van der Waals surface area (Å²) in [5.74, 6) is 3.53. The van der Waals surface area contributed by atoms with Crippen LogP contribution in [0.1, 0.15) is 79.6 Å². The Balaban J connectivity index is 1.55. The molecule has 0 spiro atoms. The highest BCUT2D eigenvalue weighted by Crippen LogP contribution is 2.63. The van der Waals surface area contributed by atoms with Crippen LogP contribution in [0.5, 0.6) is 0 Å². The van der Waals surface area contributed by atoms with Crippen LogP contribution in [0.2, 0.25) is 0 Å². The van der Waals surface area contributed by atoms with Crippen molar-refractivity contribution in [2.75, 3.05) is 0 Å². The maximum absolute atomic E-state index is 13.6. The first-order valence-corrected chi connectivity index (χ1v) is 12.3. The molecule has 0 aromatic carbocycles. The molecule has 5 heteroatoms. The molecule has 5 nitrogen and oxygen atoms in total. The Hall–Kier alpha value is -1.78. The van der Waals surface area contributed by atoms with Gasteiger partial charge in [-0.05, 0) is 107 Å². The van der Waals surface area contributed by atoms with Gasteiger partial charge in [0.1, 0.15) is 5.76 Å². The second-order valence-corrected chi connectivity index (χ2v) is 11.1. The maximum Gasteiger partial charge on any atom is 0.511 e. The number of nitrogens with zero attached hydrogens (tertiary/aromatic N) is 1. The predicted octanol–water partition coefficient (Wildman–Crippen LogP) is 6.01. The molecule has 1 N–H and O–H groups in total. The molecule has 4 aliphatic rings. The summed E-state index contributed by atoms with van der Waals surface area (Å²) in [5.41, 5.74) is 1.39.